The molecule has 1 aromatic heterocycles. The lowest BCUT2D eigenvalue weighted by Gasteiger charge is -2.34. The maximum Gasteiger partial charge on any atom is 0.242 e. The molecule has 2 heterocycles. The Bertz CT molecular complexity index is 668. The van der Waals surface area contributed by atoms with Gasteiger partial charge in [-0.2, -0.15) is 0 Å². The Hall–Kier alpha value is -1.60. The molecule has 0 spiro atoms. The van der Waals surface area contributed by atoms with E-state index in [1.807, 2.05) is 31.2 Å². The van der Waals surface area contributed by atoms with Gasteiger partial charge in [0.15, 0.2) is 4.34 Å². The first-order chi connectivity index (χ1) is 10.7. The van der Waals surface area contributed by atoms with Crippen molar-refractivity contribution >= 4 is 45.1 Å². The zero-order valence-corrected chi connectivity index (χ0v) is 13.9. The summed E-state index contributed by atoms with van der Waals surface area (Å²) in [6.07, 6.45) is 0.642. The molecule has 1 atom stereocenters. The third-order valence-electron chi connectivity index (χ3n) is 3.63. The number of piperazine rings is 1. The zero-order valence-electron chi connectivity index (χ0n) is 12.2. The molecule has 1 aliphatic rings. The fourth-order valence-electron chi connectivity index (χ4n) is 2.54. The summed E-state index contributed by atoms with van der Waals surface area (Å²) in [7, 11) is 0. The minimum absolute atomic E-state index is 0.00551. The van der Waals surface area contributed by atoms with Gasteiger partial charge in [-0.05, 0) is 18.6 Å². The summed E-state index contributed by atoms with van der Waals surface area (Å²) >= 11 is 3.04. The number of rotatable bonds is 4. The Morgan fingerprint density at radius 3 is 3.09 bits per heavy atom. The van der Waals surface area contributed by atoms with E-state index < -0.39 is 0 Å². The molecule has 0 bridgehead atoms. The summed E-state index contributed by atoms with van der Waals surface area (Å²) in [6.45, 7) is 3.05. The van der Waals surface area contributed by atoms with Crippen molar-refractivity contribution in [2.24, 2.45) is 0 Å². The standard InChI is InChI=1S/C15H17N3O2S2/c1-2-11-14(20)16-7-8-18(11)13(19)9-21-15-17-10-5-3-4-6-12(10)22-15/h3-6,11H,2,7-9H2,1H3,(H,16,20). The second-order valence-electron chi connectivity index (χ2n) is 5.04. The number of carbonyl (C=O) groups is 2. The third kappa shape index (κ3) is 3.10. The number of hydrogen-bond acceptors (Lipinski definition) is 5. The van der Waals surface area contributed by atoms with Crippen LogP contribution in [-0.4, -0.2) is 46.6 Å². The van der Waals surface area contributed by atoms with Crippen molar-refractivity contribution in [2.45, 2.75) is 23.7 Å². The van der Waals surface area contributed by atoms with Crippen LogP contribution in [0.3, 0.4) is 0 Å². The predicted octanol–water partition coefficient (Wildman–Crippen LogP) is 2.13. The molecule has 5 nitrogen and oxygen atoms in total. The van der Waals surface area contributed by atoms with Gasteiger partial charge in [-0.1, -0.05) is 30.8 Å². The van der Waals surface area contributed by atoms with Gasteiger partial charge in [0.25, 0.3) is 0 Å². The van der Waals surface area contributed by atoms with Crippen molar-refractivity contribution in [3.05, 3.63) is 24.3 Å². The molecular formula is C15H17N3O2S2. The van der Waals surface area contributed by atoms with Crippen LogP contribution in [0.2, 0.25) is 0 Å². The largest absolute Gasteiger partial charge is 0.353 e. The van der Waals surface area contributed by atoms with Gasteiger partial charge in [0, 0.05) is 13.1 Å². The zero-order chi connectivity index (χ0) is 15.5. The van der Waals surface area contributed by atoms with Crippen molar-refractivity contribution < 1.29 is 9.59 Å². The molecule has 0 saturated carbocycles. The van der Waals surface area contributed by atoms with E-state index in [1.54, 1.807) is 16.2 Å². The number of nitrogens with zero attached hydrogens (tertiary/aromatic N) is 2. The fraction of sp³-hybridized carbons (Fsp3) is 0.400. The summed E-state index contributed by atoms with van der Waals surface area (Å²) < 4.78 is 2.02. The molecule has 1 aliphatic heterocycles. The van der Waals surface area contributed by atoms with E-state index in [9.17, 15) is 9.59 Å². The molecular weight excluding hydrogens is 318 g/mol. The quantitative estimate of drug-likeness (QED) is 0.870. The Labute approximate surface area is 137 Å². The van der Waals surface area contributed by atoms with Gasteiger partial charge >= 0.3 is 0 Å². The molecule has 7 heteroatoms. The van der Waals surface area contributed by atoms with Crippen LogP contribution < -0.4 is 5.32 Å². The van der Waals surface area contributed by atoms with Crippen molar-refractivity contribution in [1.82, 2.24) is 15.2 Å². The highest BCUT2D eigenvalue weighted by Crippen LogP contribution is 2.29. The van der Waals surface area contributed by atoms with Gasteiger partial charge in [-0.25, -0.2) is 4.98 Å². The normalized spacial score (nSPS) is 18.5. The summed E-state index contributed by atoms with van der Waals surface area (Å²) in [6, 6.07) is 7.61. The number of thiazole rings is 1. The molecule has 1 saturated heterocycles. The minimum Gasteiger partial charge on any atom is -0.353 e. The van der Waals surface area contributed by atoms with E-state index in [-0.39, 0.29) is 17.9 Å². The molecule has 116 valence electrons. The highest BCUT2D eigenvalue weighted by molar-refractivity contribution is 8.01. The van der Waals surface area contributed by atoms with Gasteiger partial charge in [-0.3, -0.25) is 9.59 Å². The van der Waals surface area contributed by atoms with Gasteiger partial charge in [0.1, 0.15) is 6.04 Å². The molecule has 1 N–H and O–H groups in total. The van der Waals surface area contributed by atoms with Crippen molar-refractivity contribution in [3.63, 3.8) is 0 Å². The van der Waals surface area contributed by atoms with Crippen LogP contribution in [-0.2, 0) is 9.59 Å². The first-order valence-corrected chi connectivity index (χ1v) is 9.05. The summed E-state index contributed by atoms with van der Waals surface area (Å²) in [5, 5.41) is 2.81. The van der Waals surface area contributed by atoms with Gasteiger partial charge < -0.3 is 10.2 Å². The van der Waals surface area contributed by atoms with Crippen molar-refractivity contribution in [2.75, 3.05) is 18.8 Å². The van der Waals surface area contributed by atoms with E-state index in [4.69, 9.17) is 0 Å². The molecule has 1 unspecified atom stereocenters. The predicted molar refractivity (Wildman–Crippen MR) is 89.1 cm³/mol. The smallest absolute Gasteiger partial charge is 0.242 e. The fourth-order valence-corrected chi connectivity index (χ4v) is 4.49. The first-order valence-electron chi connectivity index (χ1n) is 7.24. The lowest BCUT2D eigenvalue weighted by Crippen LogP contribution is -2.57. The molecule has 2 amide bonds. The number of nitrogens with one attached hydrogen (secondary N) is 1. The first kappa shape index (κ1) is 15.3. The number of amides is 2. The molecule has 22 heavy (non-hydrogen) atoms. The topological polar surface area (TPSA) is 62.3 Å². The molecule has 0 aliphatic carbocycles. The van der Waals surface area contributed by atoms with Crippen LogP contribution in [0.5, 0.6) is 0 Å². The third-order valence-corrected chi connectivity index (χ3v) is 5.80. The van der Waals surface area contributed by atoms with E-state index in [0.717, 1.165) is 14.6 Å². The molecule has 2 aromatic rings. The highest BCUT2D eigenvalue weighted by atomic mass is 32.2. The maximum atomic E-state index is 12.4. The lowest BCUT2D eigenvalue weighted by molar-refractivity contribution is -0.141. The SMILES string of the molecule is CCC1C(=O)NCCN1C(=O)CSc1nc2ccccc2s1. The number of carbonyl (C=O) groups excluding carboxylic acids is 2. The van der Waals surface area contributed by atoms with Gasteiger partial charge in [0.05, 0.1) is 16.0 Å². The van der Waals surface area contributed by atoms with E-state index in [0.29, 0.717) is 25.3 Å². The van der Waals surface area contributed by atoms with Gasteiger partial charge in [-0.15, -0.1) is 11.3 Å². The van der Waals surface area contributed by atoms with E-state index >= 15 is 0 Å². The van der Waals surface area contributed by atoms with Crippen molar-refractivity contribution in [3.8, 4) is 0 Å². The number of fused-ring (bicyclic) bond motifs is 1. The number of benzene rings is 1. The molecule has 1 aromatic carbocycles. The number of thioether (sulfide) groups is 1. The highest BCUT2D eigenvalue weighted by Gasteiger charge is 2.31. The summed E-state index contributed by atoms with van der Waals surface area (Å²) in [5.74, 6) is 0.280. The van der Waals surface area contributed by atoms with Crippen molar-refractivity contribution in [1.29, 1.82) is 0 Å². The average Bonchev–Trinajstić information content (AvgIpc) is 2.95. The summed E-state index contributed by atoms with van der Waals surface area (Å²) in [5.41, 5.74) is 0.964. The molecule has 0 radical (unpaired) electrons. The monoisotopic (exact) mass is 335 g/mol. The van der Waals surface area contributed by atoms with Gasteiger partial charge in [0.2, 0.25) is 11.8 Å². The second kappa shape index (κ2) is 6.66. The molecule has 3 rings (SSSR count). The number of para-hydroxylation sites is 1. The maximum absolute atomic E-state index is 12.4. The van der Waals surface area contributed by atoms with Crippen LogP contribution in [0.25, 0.3) is 10.2 Å². The Morgan fingerprint density at radius 2 is 2.32 bits per heavy atom. The Balaban J connectivity index is 1.65. The lowest BCUT2D eigenvalue weighted by atomic mass is 10.1. The number of aromatic nitrogens is 1. The van der Waals surface area contributed by atoms with Crippen LogP contribution in [0, 0.1) is 0 Å². The average molecular weight is 335 g/mol. The van der Waals surface area contributed by atoms with Crippen LogP contribution in [0.4, 0.5) is 0 Å². The van der Waals surface area contributed by atoms with Crippen LogP contribution in [0.1, 0.15) is 13.3 Å². The Kier molecular flexibility index (Phi) is 4.63. The van der Waals surface area contributed by atoms with E-state index in [2.05, 4.69) is 10.3 Å². The Morgan fingerprint density at radius 1 is 1.50 bits per heavy atom. The minimum atomic E-state index is -0.336. The van der Waals surface area contributed by atoms with Crippen LogP contribution >= 0.6 is 23.1 Å². The number of hydrogen-bond donors (Lipinski definition) is 1. The molecule has 1 fully saturated rings. The second-order valence-corrected chi connectivity index (χ2v) is 7.29. The van der Waals surface area contributed by atoms with Crippen LogP contribution in [0.15, 0.2) is 28.6 Å². The van der Waals surface area contributed by atoms with E-state index in [1.165, 1.54) is 11.8 Å². The summed E-state index contributed by atoms with van der Waals surface area (Å²) in [4.78, 5) is 30.4.